The number of carbonyl (C=O) groups is 16. The second kappa shape index (κ2) is 48.7. The number of fused-ring (bicyclic) bond motifs is 4. The average Bonchev–Trinajstić information content (AvgIpc) is 1.78. The number of benzene rings is 3. The summed E-state index contributed by atoms with van der Waals surface area (Å²) in [6.45, 7) is 7.18. The number of rotatable bonds is 23. The van der Waals surface area contributed by atoms with Gasteiger partial charge in [-0.25, -0.2) is 0 Å². The van der Waals surface area contributed by atoms with Gasteiger partial charge in [0, 0.05) is 113 Å². The maximum Gasteiger partial charge on any atom is 0.247 e. The fraction of sp³-hybridized carbons (Fsp3) is 0.552. The van der Waals surface area contributed by atoms with Crippen molar-refractivity contribution in [1.29, 1.82) is 5.41 Å². The van der Waals surface area contributed by atoms with Gasteiger partial charge in [0.2, 0.25) is 94.5 Å². The fourth-order valence-electron chi connectivity index (χ4n) is 15.9. The number of likely N-dealkylation sites (N-methyl/N-ethyl adjacent to an activating group) is 3. The number of guanidine groups is 1. The zero-order valence-electron chi connectivity index (χ0n) is 74.3. The molecule has 42 heteroatoms. The van der Waals surface area contributed by atoms with E-state index in [-0.39, 0.29) is 89.0 Å². The number of aliphatic hydroxyl groups is 2. The van der Waals surface area contributed by atoms with Crippen LogP contribution in [-0.2, 0) is 96.0 Å². The summed E-state index contributed by atoms with van der Waals surface area (Å²) >= 11 is 0.787. The van der Waals surface area contributed by atoms with Crippen molar-refractivity contribution in [3.63, 3.8) is 0 Å². The number of aromatic amines is 2. The number of carbonyl (C=O) groups excluding carboxylic acids is 16. The molecular weight excluding hydrogens is 1690 g/mol. The molecule has 704 valence electrons. The van der Waals surface area contributed by atoms with Gasteiger partial charge in [0.1, 0.15) is 90.3 Å². The van der Waals surface area contributed by atoms with Gasteiger partial charge in [0.15, 0.2) is 5.96 Å². The number of aliphatic hydroxyl groups excluding tert-OH is 2. The van der Waals surface area contributed by atoms with Crippen LogP contribution >= 0.6 is 11.8 Å². The van der Waals surface area contributed by atoms with E-state index in [9.17, 15) is 58.5 Å². The molecule has 0 spiro atoms. The smallest absolute Gasteiger partial charge is 0.247 e. The molecule has 8 rings (SSSR count). The topological polar surface area (TPSA) is 616 Å². The molecule has 3 aliphatic rings. The number of nitrogens with one attached hydrogen (secondary N) is 14. The largest absolute Gasteiger partial charge is 0.508 e. The quantitative estimate of drug-likeness (QED) is 0.0179. The number of para-hydroxylation sites is 2. The van der Waals surface area contributed by atoms with Crippen LogP contribution in [-0.4, -0.2) is 313 Å². The highest BCUT2D eigenvalue weighted by Gasteiger charge is 2.46. The molecule has 3 saturated heterocycles. The van der Waals surface area contributed by atoms with Crippen molar-refractivity contribution < 1.29 is 92.0 Å². The Labute approximate surface area is 752 Å². The third-order valence-electron chi connectivity index (χ3n) is 23.3. The second-order valence-corrected chi connectivity index (χ2v) is 34.5. The number of primary amides is 1. The molecule has 16 amide bonds. The van der Waals surface area contributed by atoms with Crippen LogP contribution in [0.4, 0.5) is 0 Å². The van der Waals surface area contributed by atoms with Gasteiger partial charge >= 0.3 is 0 Å². The highest BCUT2D eigenvalue weighted by Crippen LogP contribution is 2.28. The first-order valence-electron chi connectivity index (χ1n) is 43.6. The number of hydrogen-bond acceptors (Lipinski definition) is 22. The van der Waals surface area contributed by atoms with Gasteiger partial charge in [-0.3, -0.25) is 82.1 Å². The number of hydrogen-bond donors (Lipinski definition) is 20. The standard InChI is InChI=1S/C87H126N22O19S/c1-10-12-25-67-79(121)98-59(24-18-32-92-87(90)91)76(118)104-66(75(117)95-42-71(89)113)45-129-46-72(114)97-62(35-50-28-30-53(111)31-29-50)82(124)105(7)49(6)74(116)102-64(39-88)85(127)108-33-19-27-68(108)80(122)96-48(5)73(115)100-61(34-47(3)4)84(126)109-43-54(112)38-70(109)81(123)99-60(36-51-40-93-57-22-16-14-20-55(51)57)77(119)103-65(44-110)78(120)101-63(37-52-41-94-58-23-17-15-21-56(52)58)83(125)107(9)69(26-13-11-2)86(128)106(67)8/h14-17,20-23,28-31,40-41,47-49,54,59-70,93-94,110-112H,10-13,18-19,24-27,32-39,42-46,88H2,1-9H3,(H2,89,113)(H,95,117)(H,96,122)(H,97,114)(H,98,121)(H,99,123)(H,100,115)(H,101,120)(H,102,116)(H,103,119)(H,104,118)(H4,90,91,92)/t48-,49-,54-,59-,60-,61-,62-,63-,64-,65-,66-,67-,68-,69-,70-/m0/s1. The van der Waals surface area contributed by atoms with Crippen molar-refractivity contribution in [1.82, 2.24) is 93.0 Å². The number of aromatic hydroxyl groups is 1. The SMILES string of the molecule is CCCC[C@H]1C(=O)N(C)[C@@H](CCCC)C(=O)N[C@@H](CCCNC(=N)N)C(=O)N[C@H](C(=O)NCC(N)=O)CSCC(=O)N[C@@H](Cc2ccc(O)cc2)C(=O)N(C)[C@@H](C)C(=O)N[C@@H](CN)C(=O)N2CCC[C@H]2C(=O)N[C@@H](C)C(=O)N[C@@H](CC(C)C)C(=O)N2C[C@@H](O)C[C@H]2C(=O)N[C@@H](Cc2c[nH]c3ccccc23)C(=O)N[C@@H](CO)C(=O)N[C@@H](Cc2c[nH]c3ccccc23)C(=O)N1C. The van der Waals surface area contributed by atoms with E-state index >= 15 is 33.6 Å². The Morgan fingerprint density at radius 1 is 0.558 bits per heavy atom. The number of H-pyrrole nitrogens is 2. The van der Waals surface area contributed by atoms with Gasteiger partial charge in [-0.15, -0.1) is 11.8 Å². The number of phenolic OH excluding ortho intramolecular Hbond substituents is 1. The van der Waals surface area contributed by atoms with Gasteiger partial charge in [-0.05, 0) is 106 Å². The first-order valence-corrected chi connectivity index (χ1v) is 44.8. The van der Waals surface area contributed by atoms with Crippen LogP contribution in [0.2, 0.25) is 0 Å². The zero-order chi connectivity index (χ0) is 94.6. The van der Waals surface area contributed by atoms with E-state index in [0.717, 1.165) is 31.4 Å². The number of thioether (sulfide) groups is 1. The van der Waals surface area contributed by atoms with Crippen molar-refractivity contribution in [2.45, 2.75) is 229 Å². The number of nitrogens with zero attached hydrogens (tertiary/aromatic N) is 5. The lowest BCUT2D eigenvalue weighted by Crippen LogP contribution is -2.61. The lowest BCUT2D eigenvalue weighted by molar-refractivity contribution is -0.149. The Bertz CT molecular complexity index is 4820. The van der Waals surface area contributed by atoms with Gasteiger partial charge < -0.3 is 125 Å². The van der Waals surface area contributed by atoms with E-state index in [0.29, 0.717) is 70.6 Å². The number of amides is 16. The minimum atomic E-state index is -1.87. The molecule has 2 aromatic heterocycles. The Hall–Kier alpha value is -12.4. The van der Waals surface area contributed by atoms with E-state index in [1.807, 2.05) is 13.8 Å². The summed E-state index contributed by atoms with van der Waals surface area (Å²) < 4.78 is 0. The monoisotopic (exact) mass is 1810 g/mol. The Kier molecular flexibility index (Phi) is 38.5. The van der Waals surface area contributed by atoms with E-state index in [2.05, 4.69) is 68.5 Å². The van der Waals surface area contributed by atoms with E-state index in [1.165, 1.54) is 64.2 Å². The summed E-state index contributed by atoms with van der Waals surface area (Å²) in [6.07, 6.45) is 2.67. The fourth-order valence-corrected chi connectivity index (χ4v) is 16.8. The maximum absolute atomic E-state index is 15.7. The van der Waals surface area contributed by atoms with Gasteiger partial charge in [-0.2, -0.15) is 0 Å². The molecule has 0 radical (unpaired) electrons. The van der Waals surface area contributed by atoms with E-state index in [4.69, 9.17) is 22.6 Å². The Balaban J connectivity index is 1.17. The van der Waals surface area contributed by atoms with E-state index < -0.39 is 229 Å². The Morgan fingerprint density at radius 3 is 1.70 bits per heavy atom. The molecule has 0 saturated carbocycles. The van der Waals surface area contributed by atoms with Crippen LogP contribution < -0.4 is 75.7 Å². The maximum atomic E-state index is 15.7. The van der Waals surface area contributed by atoms with Gasteiger partial charge in [0.05, 0.1) is 25.0 Å². The normalized spacial score (nSPS) is 25.4. The summed E-state index contributed by atoms with van der Waals surface area (Å²) in [6, 6.07) is -0.976. The molecule has 3 aliphatic heterocycles. The molecule has 5 heterocycles. The third kappa shape index (κ3) is 28.3. The highest BCUT2D eigenvalue weighted by molar-refractivity contribution is 8.00. The van der Waals surface area contributed by atoms with Crippen molar-refractivity contribution in [2.24, 2.45) is 23.1 Å². The summed E-state index contributed by atoms with van der Waals surface area (Å²) in [7, 11) is 3.97. The number of nitrogens with two attached hydrogens (primary N) is 3. The van der Waals surface area contributed by atoms with Gasteiger partial charge in [0.25, 0.3) is 0 Å². The summed E-state index contributed by atoms with van der Waals surface area (Å²) in [5.74, 6) is -16.0. The molecule has 5 aromatic rings. The van der Waals surface area contributed by atoms with Crippen LogP contribution in [0.5, 0.6) is 5.75 Å². The van der Waals surface area contributed by atoms with Crippen molar-refractivity contribution in [2.75, 3.05) is 72.0 Å². The lowest BCUT2D eigenvalue weighted by Gasteiger charge is -2.36. The van der Waals surface area contributed by atoms with Crippen molar-refractivity contribution >= 4 is 134 Å². The van der Waals surface area contributed by atoms with Crippen LogP contribution in [0.25, 0.3) is 21.8 Å². The molecule has 0 aliphatic carbocycles. The van der Waals surface area contributed by atoms with Crippen molar-refractivity contribution in [3.05, 3.63) is 102 Å². The third-order valence-corrected chi connectivity index (χ3v) is 24.3. The summed E-state index contributed by atoms with van der Waals surface area (Å²) in [5, 5.41) is 70.8. The molecule has 23 N–H and O–H groups in total. The highest BCUT2D eigenvalue weighted by atomic mass is 32.2. The molecule has 0 bridgehead atoms. The minimum Gasteiger partial charge on any atom is -0.508 e. The molecule has 15 atom stereocenters. The Morgan fingerprint density at radius 2 is 1.09 bits per heavy atom. The molecule has 41 nitrogen and oxygen atoms in total. The second-order valence-electron chi connectivity index (χ2n) is 33.4. The van der Waals surface area contributed by atoms with Gasteiger partial charge in [-0.1, -0.05) is 102 Å². The lowest BCUT2D eigenvalue weighted by atomic mass is 10.00. The minimum absolute atomic E-state index is 0.000470. The van der Waals surface area contributed by atoms with E-state index in [1.54, 1.807) is 74.8 Å². The summed E-state index contributed by atoms with van der Waals surface area (Å²) in [5.41, 5.74) is 20.0. The number of aromatic nitrogens is 2. The van der Waals surface area contributed by atoms with Crippen LogP contribution in [0.1, 0.15) is 135 Å². The first kappa shape index (κ1) is 102. The zero-order valence-corrected chi connectivity index (χ0v) is 75.2. The molecular formula is C87H126N22O19S. The predicted octanol–water partition coefficient (Wildman–Crippen LogP) is -2.79. The molecule has 0 unspecified atom stereocenters. The summed E-state index contributed by atoms with van der Waals surface area (Å²) in [4.78, 5) is 246. The number of unbranched alkanes of at least 4 members (excludes halogenated alkanes) is 2. The predicted molar refractivity (Wildman–Crippen MR) is 478 cm³/mol. The average molecular weight is 1820 g/mol. The van der Waals surface area contributed by atoms with Crippen LogP contribution in [0, 0.1) is 11.3 Å². The molecule has 129 heavy (non-hydrogen) atoms. The molecule has 3 fully saturated rings. The van der Waals surface area contributed by atoms with Crippen LogP contribution in [0.3, 0.4) is 0 Å². The number of phenols is 1. The molecule has 3 aromatic carbocycles. The van der Waals surface area contributed by atoms with Crippen LogP contribution in [0.15, 0.2) is 85.2 Å². The first-order chi connectivity index (χ1) is 61.4. The van der Waals surface area contributed by atoms with Crippen molar-refractivity contribution in [3.8, 4) is 5.75 Å².